The highest BCUT2D eigenvalue weighted by atomic mass is 19.4. The number of hydrazine groups is 1. The molecule has 2 aromatic carbocycles. The van der Waals surface area contributed by atoms with Gasteiger partial charge in [-0.2, -0.15) is 13.2 Å². The van der Waals surface area contributed by atoms with Crippen molar-refractivity contribution in [3.05, 3.63) is 81.4 Å². The molecule has 3 atom stereocenters. The van der Waals surface area contributed by atoms with Gasteiger partial charge in [-0.1, -0.05) is 48.5 Å². The van der Waals surface area contributed by atoms with Crippen LogP contribution in [0.2, 0.25) is 0 Å². The second-order valence-corrected chi connectivity index (χ2v) is 6.27. The molecular weight excluding hydrogens is 363 g/mol. The SMILES string of the molecule is Cc1ccccc1C(=O)N1N[C@@H](C(F)(F)F)[C@H]([N+](=O)[O-])[C@@H]1c1ccccc1. The summed E-state index contributed by atoms with van der Waals surface area (Å²) in [6, 6.07) is 8.15. The summed E-state index contributed by atoms with van der Waals surface area (Å²) in [6.07, 6.45) is -4.90. The van der Waals surface area contributed by atoms with Gasteiger partial charge in [-0.05, 0) is 24.1 Å². The maximum atomic E-state index is 13.5. The van der Waals surface area contributed by atoms with E-state index in [0.717, 1.165) is 5.01 Å². The molecule has 1 amide bonds. The van der Waals surface area contributed by atoms with Crippen LogP contribution in [0.25, 0.3) is 0 Å². The molecule has 0 radical (unpaired) electrons. The van der Waals surface area contributed by atoms with Crippen molar-refractivity contribution >= 4 is 5.91 Å². The fourth-order valence-corrected chi connectivity index (χ4v) is 3.27. The first-order chi connectivity index (χ1) is 12.7. The van der Waals surface area contributed by atoms with Crippen LogP contribution in [0.15, 0.2) is 54.6 Å². The van der Waals surface area contributed by atoms with Gasteiger partial charge >= 0.3 is 6.18 Å². The van der Waals surface area contributed by atoms with Crippen molar-refractivity contribution in [2.45, 2.75) is 31.2 Å². The second kappa shape index (κ2) is 6.99. The van der Waals surface area contributed by atoms with Gasteiger partial charge in [0.2, 0.25) is 0 Å². The molecule has 1 aliphatic rings. The highest BCUT2D eigenvalue weighted by Gasteiger charge is 2.62. The summed E-state index contributed by atoms with van der Waals surface area (Å²) >= 11 is 0. The van der Waals surface area contributed by atoms with E-state index >= 15 is 0 Å². The number of nitro groups is 1. The number of nitrogens with one attached hydrogen (secondary N) is 1. The Morgan fingerprint density at radius 3 is 2.26 bits per heavy atom. The minimum absolute atomic E-state index is 0.177. The minimum atomic E-state index is -4.90. The Labute approximate surface area is 152 Å². The van der Waals surface area contributed by atoms with E-state index in [1.165, 1.54) is 18.2 Å². The summed E-state index contributed by atoms with van der Waals surface area (Å²) < 4.78 is 40.4. The van der Waals surface area contributed by atoms with Crippen LogP contribution in [-0.2, 0) is 0 Å². The smallest absolute Gasteiger partial charge is 0.268 e. The molecular formula is C18H16F3N3O3. The van der Waals surface area contributed by atoms with E-state index in [1.807, 2.05) is 0 Å². The summed E-state index contributed by atoms with van der Waals surface area (Å²) in [7, 11) is 0. The lowest BCUT2D eigenvalue weighted by Gasteiger charge is -2.25. The Kier molecular flexibility index (Phi) is 4.88. The predicted octanol–water partition coefficient (Wildman–Crippen LogP) is 3.27. The Balaban J connectivity index is 2.11. The molecule has 0 spiro atoms. The molecule has 0 bridgehead atoms. The zero-order chi connectivity index (χ0) is 19.8. The van der Waals surface area contributed by atoms with Crippen molar-refractivity contribution in [1.82, 2.24) is 10.4 Å². The van der Waals surface area contributed by atoms with Crippen LogP contribution in [0.4, 0.5) is 13.2 Å². The van der Waals surface area contributed by atoms with Crippen molar-refractivity contribution in [3.8, 4) is 0 Å². The molecule has 142 valence electrons. The summed E-state index contributed by atoms with van der Waals surface area (Å²) in [6.45, 7) is 1.65. The maximum Gasteiger partial charge on any atom is 0.412 e. The number of amides is 1. The highest BCUT2D eigenvalue weighted by Crippen LogP contribution is 2.39. The standard InChI is InChI=1S/C18H16F3N3O3/c1-11-7-5-6-10-13(11)17(25)23-14(12-8-3-2-4-9-12)15(24(26)27)16(22-23)18(19,20)21/h2-10,14-16,22H,1H3/t14-,15+,16+/m0/s1. The summed E-state index contributed by atoms with van der Waals surface area (Å²) in [4.78, 5) is 23.5. The first-order valence-electron chi connectivity index (χ1n) is 8.12. The number of nitrogens with zero attached hydrogens (tertiary/aromatic N) is 2. The number of hydrogen-bond donors (Lipinski definition) is 1. The number of hydrogen-bond acceptors (Lipinski definition) is 4. The normalized spacial score (nSPS) is 22.7. The molecule has 0 unspecified atom stereocenters. The Hall–Kier alpha value is -2.94. The number of rotatable bonds is 3. The summed E-state index contributed by atoms with van der Waals surface area (Å²) in [5, 5.41) is 12.3. The molecule has 2 aromatic rings. The van der Waals surface area contributed by atoms with Gasteiger partial charge in [0, 0.05) is 10.5 Å². The van der Waals surface area contributed by atoms with Crippen LogP contribution < -0.4 is 5.43 Å². The zero-order valence-electron chi connectivity index (χ0n) is 14.2. The van der Waals surface area contributed by atoms with Gasteiger partial charge in [-0.25, -0.2) is 5.43 Å². The molecule has 27 heavy (non-hydrogen) atoms. The van der Waals surface area contributed by atoms with E-state index in [1.54, 1.807) is 43.3 Å². The second-order valence-electron chi connectivity index (χ2n) is 6.27. The third-order valence-corrected chi connectivity index (χ3v) is 4.55. The summed E-state index contributed by atoms with van der Waals surface area (Å²) in [5.74, 6) is -0.749. The third-order valence-electron chi connectivity index (χ3n) is 4.55. The predicted molar refractivity (Wildman–Crippen MR) is 90.3 cm³/mol. The molecule has 1 fully saturated rings. The molecule has 0 aromatic heterocycles. The van der Waals surface area contributed by atoms with E-state index < -0.39 is 35.1 Å². The minimum Gasteiger partial charge on any atom is -0.268 e. The average Bonchev–Trinajstić information content (AvgIpc) is 3.03. The molecule has 0 saturated carbocycles. The quantitative estimate of drug-likeness (QED) is 0.656. The lowest BCUT2D eigenvalue weighted by molar-refractivity contribution is -0.534. The van der Waals surface area contributed by atoms with E-state index in [0.29, 0.717) is 5.56 Å². The Morgan fingerprint density at radius 1 is 1.11 bits per heavy atom. The highest BCUT2D eigenvalue weighted by molar-refractivity contribution is 5.95. The average molecular weight is 379 g/mol. The molecule has 1 saturated heterocycles. The first-order valence-corrected chi connectivity index (χ1v) is 8.12. The van der Waals surface area contributed by atoms with Crippen molar-refractivity contribution < 1.29 is 22.9 Å². The van der Waals surface area contributed by atoms with Gasteiger partial charge in [0.1, 0.15) is 6.04 Å². The van der Waals surface area contributed by atoms with Crippen LogP contribution in [0.1, 0.15) is 27.5 Å². The largest absolute Gasteiger partial charge is 0.412 e. The molecule has 1 aliphatic heterocycles. The van der Waals surface area contributed by atoms with Gasteiger partial charge in [0.25, 0.3) is 11.9 Å². The fourth-order valence-electron chi connectivity index (χ4n) is 3.27. The Morgan fingerprint density at radius 2 is 1.70 bits per heavy atom. The number of carbonyl (C=O) groups excluding carboxylic acids is 1. The monoisotopic (exact) mass is 379 g/mol. The number of aryl methyl sites for hydroxylation is 1. The van der Waals surface area contributed by atoms with Gasteiger partial charge in [-0.3, -0.25) is 19.9 Å². The van der Waals surface area contributed by atoms with Gasteiger partial charge < -0.3 is 0 Å². The molecule has 6 nitrogen and oxygen atoms in total. The van der Waals surface area contributed by atoms with E-state index in [2.05, 4.69) is 5.43 Å². The van der Waals surface area contributed by atoms with Crippen LogP contribution in [0, 0.1) is 17.0 Å². The third kappa shape index (κ3) is 3.50. The number of carbonyl (C=O) groups is 1. The van der Waals surface area contributed by atoms with Crippen molar-refractivity contribution in [2.75, 3.05) is 0 Å². The molecule has 1 heterocycles. The molecule has 9 heteroatoms. The molecule has 3 rings (SSSR count). The van der Waals surface area contributed by atoms with Crippen LogP contribution >= 0.6 is 0 Å². The van der Waals surface area contributed by atoms with Gasteiger partial charge in [0.05, 0.1) is 0 Å². The first kappa shape index (κ1) is 18.8. The number of halogens is 3. The fraction of sp³-hybridized carbons (Fsp3) is 0.278. The molecule has 1 N–H and O–H groups in total. The topological polar surface area (TPSA) is 75.5 Å². The summed E-state index contributed by atoms with van der Waals surface area (Å²) in [5.41, 5.74) is 3.04. The van der Waals surface area contributed by atoms with E-state index in [9.17, 15) is 28.1 Å². The molecule has 0 aliphatic carbocycles. The van der Waals surface area contributed by atoms with Crippen LogP contribution in [0.5, 0.6) is 0 Å². The zero-order valence-corrected chi connectivity index (χ0v) is 14.2. The maximum absolute atomic E-state index is 13.5. The van der Waals surface area contributed by atoms with Crippen molar-refractivity contribution in [3.63, 3.8) is 0 Å². The van der Waals surface area contributed by atoms with E-state index in [4.69, 9.17) is 0 Å². The van der Waals surface area contributed by atoms with Crippen LogP contribution in [0.3, 0.4) is 0 Å². The van der Waals surface area contributed by atoms with Gasteiger partial charge in [0.15, 0.2) is 6.04 Å². The van der Waals surface area contributed by atoms with Gasteiger partial charge in [-0.15, -0.1) is 0 Å². The van der Waals surface area contributed by atoms with Crippen LogP contribution in [-0.4, -0.2) is 34.1 Å². The lowest BCUT2D eigenvalue weighted by Crippen LogP contribution is -2.49. The number of benzene rings is 2. The lowest BCUT2D eigenvalue weighted by atomic mass is 9.95. The van der Waals surface area contributed by atoms with Crippen molar-refractivity contribution in [1.29, 1.82) is 0 Å². The number of alkyl halides is 3. The van der Waals surface area contributed by atoms with Crippen molar-refractivity contribution in [2.24, 2.45) is 0 Å². The Bertz CT molecular complexity index is 858. The van der Waals surface area contributed by atoms with E-state index in [-0.39, 0.29) is 11.1 Å².